The molecule has 2 nitrogen and oxygen atoms in total. The van der Waals surface area contributed by atoms with Gasteiger partial charge in [-0.15, -0.1) is 0 Å². The van der Waals surface area contributed by atoms with Gasteiger partial charge in [0.2, 0.25) is 0 Å². The van der Waals surface area contributed by atoms with E-state index in [0.717, 1.165) is 16.6 Å². The molecule has 0 bridgehead atoms. The minimum absolute atomic E-state index is 0.215. The summed E-state index contributed by atoms with van der Waals surface area (Å²) < 4.78 is 6.94. The lowest BCUT2D eigenvalue weighted by Crippen LogP contribution is -2.21. The van der Waals surface area contributed by atoms with Crippen molar-refractivity contribution in [1.82, 2.24) is 0 Å². The Morgan fingerprint density at radius 2 is 2.24 bits per heavy atom. The van der Waals surface area contributed by atoms with Gasteiger partial charge in [-0.2, -0.15) is 0 Å². The van der Waals surface area contributed by atoms with E-state index in [-0.39, 0.29) is 5.41 Å². The van der Waals surface area contributed by atoms with E-state index in [0.29, 0.717) is 11.6 Å². The Morgan fingerprint density at radius 1 is 1.53 bits per heavy atom. The quantitative estimate of drug-likeness (QED) is 0.844. The van der Waals surface area contributed by atoms with E-state index in [2.05, 4.69) is 22.9 Å². The molecule has 1 aromatic rings. The summed E-state index contributed by atoms with van der Waals surface area (Å²) >= 11 is 8.44. The van der Waals surface area contributed by atoms with Crippen molar-refractivity contribution in [1.29, 1.82) is 0 Å². The molecular formula is C13H16BrNOS. The van der Waals surface area contributed by atoms with Crippen LogP contribution in [0.4, 0.5) is 0 Å². The molecule has 1 aliphatic carbocycles. The predicted molar refractivity (Wildman–Crippen MR) is 77.4 cm³/mol. The molecule has 0 saturated heterocycles. The molecular weight excluding hydrogens is 298 g/mol. The van der Waals surface area contributed by atoms with E-state index in [1.165, 1.54) is 18.4 Å². The number of hydrogen-bond acceptors (Lipinski definition) is 2. The lowest BCUT2D eigenvalue weighted by Gasteiger charge is -2.15. The third-order valence-corrected chi connectivity index (χ3v) is 4.21. The lowest BCUT2D eigenvalue weighted by molar-refractivity contribution is 0.239. The Balaban J connectivity index is 1.94. The number of hydrogen-bond donors (Lipinski definition) is 1. The van der Waals surface area contributed by atoms with E-state index in [4.69, 9.17) is 22.7 Å². The second kappa shape index (κ2) is 4.94. The molecule has 2 N–H and O–H groups in total. The van der Waals surface area contributed by atoms with Gasteiger partial charge < -0.3 is 10.5 Å². The minimum atomic E-state index is 0.215. The SMILES string of the molecule is Cc1cc(OCC2(CC(N)=S)CC2)ccc1Br. The van der Waals surface area contributed by atoms with E-state index in [1.54, 1.807) is 0 Å². The fraction of sp³-hybridized carbons (Fsp3) is 0.462. The maximum absolute atomic E-state index is 5.83. The maximum Gasteiger partial charge on any atom is 0.119 e. The molecule has 0 aliphatic heterocycles. The summed E-state index contributed by atoms with van der Waals surface area (Å²) in [5.74, 6) is 0.917. The summed E-state index contributed by atoms with van der Waals surface area (Å²) in [6.07, 6.45) is 3.14. The molecule has 0 amide bonds. The number of halogens is 1. The van der Waals surface area contributed by atoms with Crippen LogP contribution >= 0.6 is 28.1 Å². The van der Waals surface area contributed by atoms with Crippen LogP contribution in [0.2, 0.25) is 0 Å². The molecule has 17 heavy (non-hydrogen) atoms. The Kier molecular flexibility index (Phi) is 3.73. The predicted octanol–water partition coefficient (Wildman–Crippen LogP) is 3.59. The zero-order valence-electron chi connectivity index (χ0n) is 9.83. The molecule has 0 atom stereocenters. The van der Waals surface area contributed by atoms with Crippen LogP contribution in [0.15, 0.2) is 22.7 Å². The molecule has 1 aliphatic rings. The summed E-state index contributed by atoms with van der Waals surface area (Å²) in [4.78, 5) is 0.595. The molecule has 0 radical (unpaired) electrons. The first-order chi connectivity index (χ1) is 8.01. The maximum atomic E-state index is 5.83. The van der Waals surface area contributed by atoms with E-state index < -0.39 is 0 Å². The molecule has 0 aromatic heterocycles. The van der Waals surface area contributed by atoms with Gasteiger partial charge in [-0.25, -0.2) is 0 Å². The van der Waals surface area contributed by atoms with E-state index in [9.17, 15) is 0 Å². The van der Waals surface area contributed by atoms with Crippen LogP contribution < -0.4 is 10.5 Å². The summed E-state index contributed by atoms with van der Waals surface area (Å²) in [5, 5.41) is 0. The molecule has 0 spiro atoms. The summed E-state index contributed by atoms with van der Waals surface area (Å²) in [6.45, 7) is 2.77. The van der Waals surface area contributed by atoms with Crippen molar-refractivity contribution in [2.24, 2.45) is 11.1 Å². The highest BCUT2D eigenvalue weighted by Crippen LogP contribution is 2.49. The fourth-order valence-corrected chi connectivity index (χ4v) is 2.41. The molecule has 92 valence electrons. The van der Waals surface area contributed by atoms with Crippen LogP contribution in [-0.2, 0) is 0 Å². The van der Waals surface area contributed by atoms with Gasteiger partial charge in [-0.1, -0.05) is 28.1 Å². The average molecular weight is 314 g/mol. The van der Waals surface area contributed by atoms with Crippen molar-refractivity contribution in [3.05, 3.63) is 28.2 Å². The van der Waals surface area contributed by atoms with E-state index in [1.807, 2.05) is 18.2 Å². The standard InChI is InChI=1S/C13H16BrNOS/c1-9-6-10(2-3-11(9)14)16-8-13(4-5-13)7-12(15)17/h2-3,6H,4-5,7-8H2,1H3,(H2,15,17). The smallest absolute Gasteiger partial charge is 0.119 e. The van der Waals surface area contributed by atoms with Crippen molar-refractivity contribution >= 4 is 33.1 Å². The Labute approximate surface area is 116 Å². The third-order valence-electron chi connectivity index (χ3n) is 3.18. The number of rotatable bonds is 5. The first-order valence-electron chi connectivity index (χ1n) is 5.68. The number of aryl methyl sites for hydroxylation is 1. The van der Waals surface area contributed by atoms with Crippen LogP contribution in [0.3, 0.4) is 0 Å². The zero-order chi connectivity index (χ0) is 12.5. The molecule has 1 saturated carbocycles. The summed E-state index contributed by atoms with van der Waals surface area (Å²) in [7, 11) is 0. The topological polar surface area (TPSA) is 35.2 Å². The number of thiocarbonyl (C=S) groups is 1. The molecule has 1 fully saturated rings. The second-order valence-corrected chi connectivity index (χ2v) is 6.22. The number of ether oxygens (including phenoxy) is 1. The molecule has 1 aromatic carbocycles. The second-order valence-electron chi connectivity index (χ2n) is 4.84. The van der Waals surface area contributed by atoms with Crippen molar-refractivity contribution in [2.75, 3.05) is 6.61 Å². The van der Waals surface area contributed by atoms with Crippen molar-refractivity contribution < 1.29 is 4.74 Å². The molecule has 2 rings (SSSR count). The van der Waals surface area contributed by atoms with Crippen LogP contribution in [0.5, 0.6) is 5.75 Å². The fourth-order valence-electron chi connectivity index (χ4n) is 1.86. The Morgan fingerprint density at radius 3 is 2.76 bits per heavy atom. The summed E-state index contributed by atoms with van der Waals surface area (Å²) in [6, 6.07) is 6.03. The molecule has 0 heterocycles. The number of nitrogens with two attached hydrogens (primary N) is 1. The largest absolute Gasteiger partial charge is 0.493 e. The van der Waals surface area contributed by atoms with Gasteiger partial charge >= 0.3 is 0 Å². The first kappa shape index (κ1) is 12.8. The van der Waals surface area contributed by atoms with Crippen molar-refractivity contribution in [2.45, 2.75) is 26.2 Å². The van der Waals surface area contributed by atoms with Crippen LogP contribution in [0.25, 0.3) is 0 Å². The molecule has 4 heteroatoms. The third kappa shape index (κ3) is 3.42. The highest BCUT2D eigenvalue weighted by molar-refractivity contribution is 9.10. The van der Waals surface area contributed by atoms with Gasteiger partial charge in [0.25, 0.3) is 0 Å². The van der Waals surface area contributed by atoms with Crippen LogP contribution in [-0.4, -0.2) is 11.6 Å². The normalized spacial score (nSPS) is 16.6. The van der Waals surface area contributed by atoms with Gasteiger partial charge in [0.05, 0.1) is 11.6 Å². The highest BCUT2D eigenvalue weighted by Gasteiger charge is 2.43. The number of benzene rings is 1. The summed E-state index contributed by atoms with van der Waals surface area (Å²) in [5.41, 5.74) is 7.00. The lowest BCUT2D eigenvalue weighted by atomic mass is 10.0. The monoisotopic (exact) mass is 313 g/mol. The first-order valence-corrected chi connectivity index (χ1v) is 6.88. The minimum Gasteiger partial charge on any atom is -0.493 e. The van der Waals surface area contributed by atoms with Crippen LogP contribution in [0, 0.1) is 12.3 Å². The Hall–Kier alpha value is -0.610. The average Bonchev–Trinajstić information content (AvgIpc) is 2.99. The van der Waals surface area contributed by atoms with Gasteiger partial charge in [0.1, 0.15) is 5.75 Å². The highest BCUT2D eigenvalue weighted by atomic mass is 79.9. The Bertz CT molecular complexity index is 443. The van der Waals surface area contributed by atoms with Gasteiger partial charge in [-0.3, -0.25) is 0 Å². The zero-order valence-corrected chi connectivity index (χ0v) is 12.2. The van der Waals surface area contributed by atoms with Crippen molar-refractivity contribution in [3.8, 4) is 5.75 Å². The van der Waals surface area contributed by atoms with Gasteiger partial charge in [0, 0.05) is 16.3 Å². The van der Waals surface area contributed by atoms with Crippen LogP contribution in [0.1, 0.15) is 24.8 Å². The van der Waals surface area contributed by atoms with Gasteiger partial charge in [0.15, 0.2) is 0 Å². The van der Waals surface area contributed by atoms with Crippen molar-refractivity contribution in [3.63, 3.8) is 0 Å². The van der Waals surface area contributed by atoms with Gasteiger partial charge in [-0.05, 0) is 43.5 Å². The van der Waals surface area contributed by atoms with E-state index >= 15 is 0 Å². The molecule has 0 unspecified atom stereocenters.